The SMILES string of the molecule is COC1=CCC(c2csc(NC(=O)Cc3ccccc3OC)n2)C(OC)=C1. The number of carbonyl (C=O) groups excluding carboxylic acids is 1. The number of amides is 1. The fraction of sp³-hybridized carbons (Fsp3) is 0.300. The minimum absolute atomic E-state index is 0.0185. The third-order valence-electron chi connectivity index (χ3n) is 4.32. The summed E-state index contributed by atoms with van der Waals surface area (Å²) in [6, 6.07) is 7.48. The van der Waals surface area contributed by atoms with E-state index in [0.29, 0.717) is 10.9 Å². The van der Waals surface area contributed by atoms with Crippen molar-refractivity contribution in [1.82, 2.24) is 4.98 Å². The molecule has 142 valence electrons. The molecular weight excluding hydrogens is 364 g/mol. The zero-order valence-electron chi connectivity index (χ0n) is 15.5. The smallest absolute Gasteiger partial charge is 0.230 e. The normalized spacial score (nSPS) is 16.2. The third-order valence-corrected chi connectivity index (χ3v) is 5.10. The number of anilines is 1. The van der Waals surface area contributed by atoms with Gasteiger partial charge < -0.3 is 19.5 Å². The number of benzene rings is 1. The van der Waals surface area contributed by atoms with Gasteiger partial charge in [0.2, 0.25) is 5.91 Å². The van der Waals surface area contributed by atoms with Crippen LogP contribution in [0.25, 0.3) is 0 Å². The van der Waals surface area contributed by atoms with Crippen LogP contribution in [0.15, 0.2) is 53.3 Å². The molecule has 1 aliphatic rings. The minimum atomic E-state index is -0.131. The highest BCUT2D eigenvalue weighted by Crippen LogP contribution is 2.35. The molecule has 1 aromatic heterocycles. The Morgan fingerprint density at radius 1 is 1.22 bits per heavy atom. The maximum atomic E-state index is 12.4. The van der Waals surface area contributed by atoms with Gasteiger partial charge >= 0.3 is 0 Å². The first-order valence-corrected chi connectivity index (χ1v) is 9.39. The van der Waals surface area contributed by atoms with Gasteiger partial charge in [-0.3, -0.25) is 4.79 Å². The van der Waals surface area contributed by atoms with E-state index in [2.05, 4.69) is 10.3 Å². The molecule has 2 aromatic rings. The molecular formula is C20H22N2O4S. The Morgan fingerprint density at radius 3 is 2.78 bits per heavy atom. The Kier molecular flexibility index (Phi) is 6.13. The Balaban J connectivity index is 1.67. The predicted octanol–water partition coefficient (Wildman–Crippen LogP) is 3.88. The topological polar surface area (TPSA) is 69.7 Å². The molecule has 6 nitrogen and oxygen atoms in total. The van der Waals surface area contributed by atoms with E-state index in [-0.39, 0.29) is 18.2 Å². The average molecular weight is 386 g/mol. The van der Waals surface area contributed by atoms with Crippen LogP contribution in [0.1, 0.15) is 23.6 Å². The van der Waals surface area contributed by atoms with E-state index in [1.54, 1.807) is 21.3 Å². The Hall–Kier alpha value is -2.80. The molecule has 0 saturated heterocycles. The van der Waals surface area contributed by atoms with Crippen molar-refractivity contribution in [3.63, 3.8) is 0 Å². The molecule has 1 unspecified atom stereocenters. The zero-order chi connectivity index (χ0) is 19.2. The second-order valence-electron chi connectivity index (χ2n) is 5.96. The summed E-state index contributed by atoms with van der Waals surface area (Å²) in [4.78, 5) is 16.9. The Labute approximate surface area is 162 Å². The van der Waals surface area contributed by atoms with Crippen LogP contribution < -0.4 is 10.1 Å². The summed E-state index contributed by atoms with van der Waals surface area (Å²) in [6.07, 6.45) is 4.84. The van der Waals surface area contributed by atoms with Crippen molar-refractivity contribution < 1.29 is 19.0 Å². The van der Waals surface area contributed by atoms with E-state index in [4.69, 9.17) is 14.2 Å². The van der Waals surface area contributed by atoms with Crippen LogP contribution in [-0.2, 0) is 20.7 Å². The van der Waals surface area contributed by atoms with Gasteiger partial charge in [0, 0.05) is 17.0 Å². The molecule has 1 aromatic carbocycles. The number of methoxy groups -OCH3 is 3. The van der Waals surface area contributed by atoms with E-state index >= 15 is 0 Å². The second kappa shape index (κ2) is 8.73. The van der Waals surface area contributed by atoms with Gasteiger partial charge in [-0.1, -0.05) is 18.2 Å². The lowest BCUT2D eigenvalue weighted by Gasteiger charge is -2.20. The number of carbonyl (C=O) groups is 1. The van der Waals surface area contributed by atoms with Gasteiger partial charge in [0.1, 0.15) is 17.3 Å². The largest absolute Gasteiger partial charge is 0.500 e. The number of hydrogen-bond donors (Lipinski definition) is 1. The van der Waals surface area contributed by atoms with Gasteiger partial charge in [-0.25, -0.2) is 4.98 Å². The summed E-state index contributed by atoms with van der Waals surface area (Å²) < 4.78 is 16.0. The maximum Gasteiger partial charge on any atom is 0.230 e. The molecule has 1 N–H and O–H groups in total. The molecule has 1 aliphatic carbocycles. The lowest BCUT2D eigenvalue weighted by molar-refractivity contribution is -0.115. The molecule has 7 heteroatoms. The van der Waals surface area contributed by atoms with Crippen molar-refractivity contribution in [2.24, 2.45) is 0 Å². The Bertz CT molecular complexity index is 872. The highest BCUT2D eigenvalue weighted by atomic mass is 32.1. The summed E-state index contributed by atoms with van der Waals surface area (Å²) in [5.74, 6) is 2.17. The average Bonchev–Trinajstić information content (AvgIpc) is 3.15. The molecule has 1 heterocycles. The van der Waals surface area contributed by atoms with Crippen molar-refractivity contribution in [1.29, 1.82) is 0 Å². The van der Waals surface area contributed by atoms with Crippen LogP contribution in [0, 0.1) is 0 Å². The second-order valence-corrected chi connectivity index (χ2v) is 6.82. The van der Waals surface area contributed by atoms with Crippen molar-refractivity contribution >= 4 is 22.4 Å². The molecule has 0 saturated carbocycles. The van der Waals surface area contributed by atoms with Crippen LogP contribution in [0.3, 0.4) is 0 Å². The van der Waals surface area contributed by atoms with Gasteiger partial charge in [0.05, 0.1) is 39.4 Å². The molecule has 0 aliphatic heterocycles. The van der Waals surface area contributed by atoms with Crippen LogP contribution in [-0.4, -0.2) is 32.2 Å². The first-order chi connectivity index (χ1) is 13.1. The van der Waals surface area contributed by atoms with Crippen LogP contribution in [0.5, 0.6) is 5.75 Å². The molecule has 0 bridgehead atoms. The summed E-state index contributed by atoms with van der Waals surface area (Å²) in [5.41, 5.74) is 1.70. The van der Waals surface area contributed by atoms with Crippen molar-refractivity contribution in [2.75, 3.05) is 26.6 Å². The fourth-order valence-corrected chi connectivity index (χ4v) is 3.73. The monoisotopic (exact) mass is 386 g/mol. The van der Waals surface area contributed by atoms with Gasteiger partial charge in [0.25, 0.3) is 0 Å². The van der Waals surface area contributed by atoms with Crippen LogP contribution >= 0.6 is 11.3 Å². The highest BCUT2D eigenvalue weighted by Gasteiger charge is 2.24. The fourth-order valence-electron chi connectivity index (χ4n) is 2.95. The number of nitrogens with zero attached hydrogens (tertiary/aromatic N) is 1. The first-order valence-electron chi connectivity index (χ1n) is 8.51. The lowest BCUT2D eigenvalue weighted by atomic mass is 9.95. The van der Waals surface area contributed by atoms with E-state index in [0.717, 1.165) is 29.2 Å². The van der Waals surface area contributed by atoms with Gasteiger partial charge in [-0.2, -0.15) is 0 Å². The molecule has 0 fully saturated rings. The van der Waals surface area contributed by atoms with Crippen molar-refractivity contribution in [2.45, 2.75) is 18.8 Å². The number of rotatable bonds is 7. The molecule has 0 spiro atoms. The number of hydrogen-bond acceptors (Lipinski definition) is 6. The number of nitrogens with one attached hydrogen (secondary N) is 1. The third kappa shape index (κ3) is 4.49. The van der Waals surface area contributed by atoms with E-state index in [1.165, 1.54) is 11.3 Å². The zero-order valence-corrected chi connectivity index (χ0v) is 16.3. The first kappa shape index (κ1) is 19.0. The summed E-state index contributed by atoms with van der Waals surface area (Å²) in [6.45, 7) is 0. The van der Waals surface area contributed by atoms with Gasteiger partial charge in [-0.05, 0) is 18.6 Å². The summed E-state index contributed by atoms with van der Waals surface area (Å²) in [5, 5.41) is 5.38. The standard InChI is InChI=1S/C20H22N2O4S/c1-24-14-8-9-15(18(11-14)26-3)16-12-27-20(21-16)22-19(23)10-13-6-4-5-7-17(13)25-2/h4-8,11-12,15H,9-10H2,1-3H3,(H,21,22,23). The van der Waals surface area contributed by atoms with Gasteiger partial charge in [0.15, 0.2) is 5.13 Å². The quantitative estimate of drug-likeness (QED) is 0.782. The Morgan fingerprint density at radius 2 is 2.04 bits per heavy atom. The highest BCUT2D eigenvalue weighted by molar-refractivity contribution is 7.13. The van der Waals surface area contributed by atoms with E-state index in [1.807, 2.05) is 41.8 Å². The van der Waals surface area contributed by atoms with Gasteiger partial charge in [-0.15, -0.1) is 11.3 Å². The molecule has 0 radical (unpaired) electrons. The van der Waals surface area contributed by atoms with E-state index < -0.39 is 0 Å². The predicted molar refractivity (Wildman–Crippen MR) is 105 cm³/mol. The van der Waals surface area contributed by atoms with Crippen molar-refractivity contribution in [3.05, 3.63) is 64.6 Å². The molecule has 1 atom stereocenters. The number of thiazole rings is 1. The summed E-state index contributed by atoms with van der Waals surface area (Å²) >= 11 is 1.40. The molecule has 3 rings (SSSR count). The van der Waals surface area contributed by atoms with Crippen LogP contribution in [0.4, 0.5) is 5.13 Å². The number of para-hydroxylation sites is 1. The van der Waals surface area contributed by atoms with E-state index in [9.17, 15) is 4.79 Å². The lowest BCUT2D eigenvalue weighted by Crippen LogP contribution is -2.15. The number of aromatic nitrogens is 1. The minimum Gasteiger partial charge on any atom is -0.500 e. The number of ether oxygens (including phenoxy) is 3. The summed E-state index contributed by atoms with van der Waals surface area (Å²) in [7, 11) is 4.87. The van der Waals surface area contributed by atoms with Crippen LogP contribution in [0.2, 0.25) is 0 Å². The number of allylic oxidation sites excluding steroid dienone is 3. The molecule has 1 amide bonds. The van der Waals surface area contributed by atoms with Crippen molar-refractivity contribution in [3.8, 4) is 5.75 Å². The maximum absolute atomic E-state index is 12.4. The molecule has 27 heavy (non-hydrogen) atoms.